The average molecular weight is 391 g/mol. The van der Waals surface area contributed by atoms with Crippen LogP contribution in [0.4, 0.5) is 5.69 Å². The number of hydrogen-bond donors (Lipinski definition) is 3. The Morgan fingerprint density at radius 2 is 1.75 bits per heavy atom. The topological polar surface area (TPSA) is 93.5 Å². The lowest BCUT2D eigenvalue weighted by Crippen LogP contribution is -2.14. The molecule has 0 bridgehead atoms. The summed E-state index contributed by atoms with van der Waals surface area (Å²) < 4.78 is 0. The van der Waals surface area contributed by atoms with Crippen LogP contribution in [0.15, 0.2) is 82.3 Å². The summed E-state index contributed by atoms with van der Waals surface area (Å²) in [5, 5.41) is 5.50. The number of nitrogens with two attached hydrogens (primary N) is 2. The number of carbonyl (C=O) groups excluding carboxylic acids is 1. The lowest BCUT2D eigenvalue weighted by molar-refractivity contribution is -0.114. The quantitative estimate of drug-likeness (QED) is 0.309. The molecule has 0 aromatic heterocycles. The van der Waals surface area contributed by atoms with Gasteiger partial charge in [0.2, 0.25) is 0 Å². The third-order valence-electron chi connectivity index (χ3n) is 4.17. The molecule has 3 aromatic rings. The normalized spacial score (nSPS) is 11.8. The van der Waals surface area contributed by atoms with Crippen molar-refractivity contribution in [3.05, 3.63) is 78.0 Å². The van der Waals surface area contributed by atoms with Crippen molar-refractivity contribution in [1.82, 2.24) is 0 Å². The summed E-state index contributed by atoms with van der Waals surface area (Å²) in [7, 11) is 0. The van der Waals surface area contributed by atoms with Crippen LogP contribution in [0.3, 0.4) is 0 Å². The highest BCUT2D eigenvalue weighted by molar-refractivity contribution is 8.08. The van der Waals surface area contributed by atoms with Crippen molar-refractivity contribution in [2.24, 2.45) is 16.5 Å². The van der Waals surface area contributed by atoms with E-state index < -0.39 is 5.91 Å². The molecule has 142 valence electrons. The molecule has 0 atom stereocenters. The third kappa shape index (κ3) is 4.60. The molecule has 1 amide bonds. The van der Waals surface area contributed by atoms with Crippen molar-refractivity contribution in [3.8, 4) is 0 Å². The van der Waals surface area contributed by atoms with E-state index in [0.717, 1.165) is 26.9 Å². The lowest BCUT2D eigenvalue weighted by atomic mass is 10.1. The molecule has 0 saturated heterocycles. The Hall–Kier alpha value is -3.09. The molecule has 0 unspecified atom stereocenters. The number of rotatable bonds is 8. The first kappa shape index (κ1) is 19.7. The first-order valence-electron chi connectivity index (χ1n) is 8.84. The SMILES string of the molecule is C=N/C(C(N)=O)=C(\Sc1ccc2ccccc2c1)c1ccc(NCCN)cc1. The van der Waals surface area contributed by atoms with Crippen LogP contribution in [0.1, 0.15) is 5.56 Å². The van der Waals surface area contributed by atoms with Crippen LogP contribution in [0, 0.1) is 0 Å². The molecule has 0 aliphatic rings. The van der Waals surface area contributed by atoms with Crippen molar-refractivity contribution in [3.63, 3.8) is 0 Å². The average Bonchev–Trinajstić information content (AvgIpc) is 2.72. The molecule has 6 heteroatoms. The molecule has 0 spiro atoms. The molecular formula is C22H22N4OS. The van der Waals surface area contributed by atoms with Crippen molar-refractivity contribution in [1.29, 1.82) is 0 Å². The molecule has 0 saturated carbocycles. The number of fused-ring (bicyclic) bond motifs is 1. The summed E-state index contributed by atoms with van der Waals surface area (Å²) in [5.41, 5.74) is 13.0. The number of nitrogens with zero attached hydrogens (tertiary/aromatic N) is 1. The zero-order valence-electron chi connectivity index (χ0n) is 15.4. The summed E-state index contributed by atoms with van der Waals surface area (Å²) in [5.74, 6) is -0.608. The van der Waals surface area contributed by atoms with Crippen LogP contribution in [-0.4, -0.2) is 25.7 Å². The van der Waals surface area contributed by atoms with Crippen molar-refractivity contribution in [2.75, 3.05) is 18.4 Å². The van der Waals surface area contributed by atoms with E-state index in [0.29, 0.717) is 18.0 Å². The van der Waals surface area contributed by atoms with E-state index in [1.807, 2.05) is 42.5 Å². The van der Waals surface area contributed by atoms with Crippen molar-refractivity contribution in [2.45, 2.75) is 4.90 Å². The molecule has 3 rings (SSSR count). The van der Waals surface area contributed by atoms with Gasteiger partial charge in [0.15, 0.2) is 0 Å². The highest BCUT2D eigenvalue weighted by Crippen LogP contribution is 2.38. The fraction of sp³-hybridized carbons (Fsp3) is 0.0909. The van der Waals surface area contributed by atoms with E-state index in [1.54, 1.807) is 0 Å². The second kappa shape index (κ2) is 9.21. The van der Waals surface area contributed by atoms with Gasteiger partial charge < -0.3 is 16.8 Å². The maximum absolute atomic E-state index is 11.9. The number of carbonyl (C=O) groups is 1. The van der Waals surface area contributed by atoms with Gasteiger partial charge >= 0.3 is 0 Å². The number of nitrogens with one attached hydrogen (secondary N) is 1. The highest BCUT2D eigenvalue weighted by Gasteiger charge is 2.15. The third-order valence-corrected chi connectivity index (χ3v) is 5.29. The van der Waals surface area contributed by atoms with Crippen molar-refractivity contribution >= 4 is 45.8 Å². The maximum atomic E-state index is 11.9. The molecule has 0 fully saturated rings. The van der Waals surface area contributed by atoms with Crippen LogP contribution in [0.2, 0.25) is 0 Å². The van der Waals surface area contributed by atoms with Gasteiger partial charge in [-0.3, -0.25) is 9.79 Å². The van der Waals surface area contributed by atoms with E-state index in [9.17, 15) is 4.79 Å². The van der Waals surface area contributed by atoms with Gasteiger partial charge in [-0.2, -0.15) is 0 Å². The molecule has 0 heterocycles. The lowest BCUT2D eigenvalue weighted by Gasteiger charge is -2.12. The predicted octanol–water partition coefficient (Wildman–Crippen LogP) is 3.86. The summed E-state index contributed by atoms with van der Waals surface area (Å²) in [6.07, 6.45) is 0. The van der Waals surface area contributed by atoms with Crippen LogP contribution in [0.5, 0.6) is 0 Å². The van der Waals surface area contributed by atoms with Gasteiger partial charge in [0.05, 0.1) is 4.91 Å². The van der Waals surface area contributed by atoms with E-state index in [2.05, 4.69) is 41.3 Å². The number of primary amides is 1. The molecule has 28 heavy (non-hydrogen) atoms. The van der Waals surface area contributed by atoms with Gasteiger partial charge in [0.25, 0.3) is 5.91 Å². The predicted molar refractivity (Wildman–Crippen MR) is 119 cm³/mol. The van der Waals surface area contributed by atoms with Gasteiger partial charge in [-0.05, 0) is 47.3 Å². The van der Waals surface area contributed by atoms with Crippen LogP contribution in [0.25, 0.3) is 15.7 Å². The van der Waals surface area contributed by atoms with E-state index in [4.69, 9.17) is 11.5 Å². The Kier molecular flexibility index (Phi) is 6.47. The minimum absolute atomic E-state index is 0.154. The Balaban J connectivity index is 1.99. The number of aliphatic imine (C=N–C) groups is 1. The molecule has 0 radical (unpaired) electrons. The fourth-order valence-electron chi connectivity index (χ4n) is 2.81. The Bertz CT molecular complexity index is 1030. The Labute approximate surface area is 168 Å². The zero-order valence-corrected chi connectivity index (χ0v) is 16.2. The van der Waals surface area contributed by atoms with Crippen LogP contribution >= 0.6 is 11.8 Å². The zero-order chi connectivity index (χ0) is 19.9. The molecule has 0 aliphatic heterocycles. The molecule has 5 nitrogen and oxygen atoms in total. The van der Waals surface area contributed by atoms with E-state index in [1.165, 1.54) is 11.8 Å². The number of anilines is 1. The minimum atomic E-state index is -0.608. The largest absolute Gasteiger partial charge is 0.384 e. The monoisotopic (exact) mass is 390 g/mol. The summed E-state index contributed by atoms with van der Waals surface area (Å²) in [6, 6.07) is 22.0. The molecule has 5 N–H and O–H groups in total. The maximum Gasteiger partial charge on any atom is 0.268 e. The first-order valence-corrected chi connectivity index (χ1v) is 9.66. The summed E-state index contributed by atoms with van der Waals surface area (Å²) in [4.78, 5) is 17.5. The van der Waals surface area contributed by atoms with Crippen molar-refractivity contribution < 1.29 is 4.79 Å². The van der Waals surface area contributed by atoms with Gasteiger partial charge in [0.1, 0.15) is 5.70 Å². The smallest absolute Gasteiger partial charge is 0.268 e. The van der Waals surface area contributed by atoms with Crippen LogP contribution in [-0.2, 0) is 4.79 Å². The molecular weight excluding hydrogens is 368 g/mol. The highest BCUT2D eigenvalue weighted by atomic mass is 32.2. The van der Waals surface area contributed by atoms with Crippen LogP contribution < -0.4 is 16.8 Å². The van der Waals surface area contributed by atoms with Gasteiger partial charge in [-0.15, -0.1) is 0 Å². The number of hydrogen-bond acceptors (Lipinski definition) is 5. The summed E-state index contributed by atoms with van der Waals surface area (Å²) in [6.45, 7) is 4.77. The van der Waals surface area contributed by atoms with Gasteiger partial charge in [0, 0.05) is 23.7 Å². The van der Waals surface area contributed by atoms with E-state index in [-0.39, 0.29) is 5.70 Å². The molecule has 0 aliphatic carbocycles. The number of amides is 1. The van der Waals surface area contributed by atoms with Gasteiger partial charge in [-0.25, -0.2) is 0 Å². The fourth-order valence-corrected chi connectivity index (χ4v) is 3.88. The standard InChI is InChI=1S/C22H22N4OS/c1-25-20(22(24)27)21(16-6-9-18(10-7-16)26-13-12-23)28-19-11-8-15-4-2-3-5-17(15)14-19/h2-11,14,26H,1,12-13,23H2,(H2,24,27)/b21-20-. The number of thioether (sulfide) groups is 1. The van der Waals surface area contributed by atoms with E-state index >= 15 is 0 Å². The second-order valence-corrected chi connectivity index (χ2v) is 7.19. The minimum Gasteiger partial charge on any atom is -0.384 e. The second-order valence-electron chi connectivity index (χ2n) is 6.10. The number of benzene rings is 3. The first-order chi connectivity index (χ1) is 13.6. The van der Waals surface area contributed by atoms with Gasteiger partial charge in [-0.1, -0.05) is 54.2 Å². The Morgan fingerprint density at radius 3 is 2.39 bits per heavy atom. The Morgan fingerprint density at radius 1 is 1.04 bits per heavy atom. The molecule has 3 aromatic carbocycles. The summed E-state index contributed by atoms with van der Waals surface area (Å²) >= 11 is 1.45.